The lowest BCUT2D eigenvalue weighted by Gasteiger charge is -2.28. The van der Waals surface area contributed by atoms with Gasteiger partial charge in [-0.3, -0.25) is 0 Å². The van der Waals surface area contributed by atoms with Gasteiger partial charge in [0.1, 0.15) is 5.52 Å². The molecule has 2 heterocycles. The molecule has 1 atom stereocenters. The average Bonchev–Trinajstić information content (AvgIpc) is 3.07. The van der Waals surface area contributed by atoms with Crippen LogP contribution in [-0.2, 0) is 11.3 Å². The number of aromatic nitrogens is 1. The Kier molecular flexibility index (Phi) is 3.39. The van der Waals surface area contributed by atoms with Crippen molar-refractivity contribution in [1.29, 1.82) is 0 Å². The minimum Gasteiger partial charge on any atom is -0.435 e. The highest BCUT2D eigenvalue weighted by Gasteiger charge is 2.49. The van der Waals surface area contributed by atoms with Gasteiger partial charge in [0.05, 0.1) is 0 Å². The van der Waals surface area contributed by atoms with Gasteiger partial charge in [-0.05, 0) is 30.7 Å². The zero-order valence-electron chi connectivity index (χ0n) is 14.5. The molecular weight excluding hydrogens is 322 g/mol. The Bertz CT molecular complexity index is 917. The van der Waals surface area contributed by atoms with Crippen molar-refractivity contribution >= 4 is 16.8 Å². The third-order valence-electron chi connectivity index (χ3n) is 5.02. The number of hydrogen-bond donors (Lipinski definition) is 0. The minimum atomic E-state index is -3.14. The molecule has 0 fully saturated rings. The first-order valence-electron chi connectivity index (χ1n) is 8.35. The molecule has 0 radical (unpaired) electrons. The zero-order valence-corrected chi connectivity index (χ0v) is 14.5. The SMILES string of the molecule is Cc1ccc2c(c1)C(C)(CC(F)(F)c1nc3ccccc3o1)CN2C. The maximum Gasteiger partial charge on any atom is 0.323 e. The van der Waals surface area contributed by atoms with Crippen LogP contribution >= 0.6 is 0 Å². The maximum absolute atomic E-state index is 15.0. The first-order valence-corrected chi connectivity index (χ1v) is 8.35. The molecule has 0 N–H and O–H groups in total. The molecule has 3 nitrogen and oxygen atoms in total. The van der Waals surface area contributed by atoms with Crippen molar-refractivity contribution < 1.29 is 13.2 Å². The molecule has 130 valence electrons. The van der Waals surface area contributed by atoms with Gasteiger partial charge in [-0.2, -0.15) is 8.78 Å². The lowest BCUT2D eigenvalue weighted by atomic mass is 9.78. The number of halogens is 2. The van der Waals surface area contributed by atoms with Gasteiger partial charge in [0.15, 0.2) is 5.58 Å². The van der Waals surface area contributed by atoms with E-state index in [1.54, 1.807) is 24.3 Å². The highest BCUT2D eigenvalue weighted by molar-refractivity contribution is 5.72. The van der Waals surface area contributed by atoms with E-state index in [1.807, 2.05) is 44.0 Å². The second-order valence-corrected chi connectivity index (χ2v) is 7.31. The highest BCUT2D eigenvalue weighted by Crippen LogP contribution is 2.48. The third kappa shape index (κ3) is 2.58. The first-order chi connectivity index (χ1) is 11.8. The second kappa shape index (κ2) is 5.28. The summed E-state index contributed by atoms with van der Waals surface area (Å²) >= 11 is 0. The number of likely N-dealkylation sites (N-methyl/N-ethyl adjacent to an activating group) is 1. The van der Waals surface area contributed by atoms with Crippen molar-refractivity contribution in [2.45, 2.75) is 31.6 Å². The quantitative estimate of drug-likeness (QED) is 0.669. The van der Waals surface area contributed by atoms with E-state index in [1.165, 1.54) is 0 Å². The van der Waals surface area contributed by atoms with Crippen molar-refractivity contribution in [3.8, 4) is 0 Å². The second-order valence-electron chi connectivity index (χ2n) is 7.31. The van der Waals surface area contributed by atoms with E-state index < -0.39 is 17.2 Å². The Morgan fingerprint density at radius 3 is 2.76 bits per heavy atom. The summed E-state index contributed by atoms with van der Waals surface area (Å²) < 4.78 is 35.4. The van der Waals surface area contributed by atoms with Gasteiger partial charge < -0.3 is 9.32 Å². The summed E-state index contributed by atoms with van der Waals surface area (Å²) in [6.07, 6.45) is -0.340. The molecule has 4 rings (SSSR count). The summed E-state index contributed by atoms with van der Waals surface area (Å²) in [7, 11) is 1.94. The Morgan fingerprint density at radius 2 is 2.00 bits per heavy atom. The molecule has 1 aliphatic rings. The number of rotatable bonds is 3. The number of oxazole rings is 1. The zero-order chi connectivity index (χ0) is 17.8. The van der Waals surface area contributed by atoms with E-state index in [2.05, 4.69) is 4.98 Å². The molecule has 0 aliphatic carbocycles. The standard InChI is InChI=1S/C20H20F2N2O/c1-13-8-9-16-14(10-13)19(2,12-24(16)3)11-20(21,22)18-23-15-6-4-5-7-17(15)25-18/h4-10H,11-12H2,1-3H3. The van der Waals surface area contributed by atoms with Crippen LogP contribution in [-0.4, -0.2) is 18.6 Å². The van der Waals surface area contributed by atoms with Crippen molar-refractivity contribution in [3.63, 3.8) is 0 Å². The number of hydrogen-bond acceptors (Lipinski definition) is 3. The molecule has 1 aromatic heterocycles. The van der Waals surface area contributed by atoms with Crippen molar-refractivity contribution in [1.82, 2.24) is 4.98 Å². The van der Waals surface area contributed by atoms with E-state index in [0.29, 0.717) is 17.6 Å². The van der Waals surface area contributed by atoms with Crippen molar-refractivity contribution in [3.05, 3.63) is 59.5 Å². The van der Waals surface area contributed by atoms with E-state index in [9.17, 15) is 0 Å². The van der Waals surface area contributed by atoms with Crippen LogP contribution in [0.4, 0.5) is 14.5 Å². The number of fused-ring (bicyclic) bond motifs is 2. The van der Waals surface area contributed by atoms with E-state index in [0.717, 1.165) is 16.8 Å². The number of benzene rings is 2. The van der Waals surface area contributed by atoms with Crippen LogP contribution in [0.25, 0.3) is 11.1 Å². The number of alkyl halides is 2. The topological polar surface area (TPSA) is 29.3 Å². The summed E-state index contributed by atoms with van der Waals surface area (Å²) in [5.74, 6) is -3.64. The third-order valence-corrected chi connectivity index (χ3v) is 5.02. The lowest BCUT2D eigenvalue weighted by Crippen LogP contribution is -2.34. The van der Waals surface area contributed by atoms with Crippen LogP contribution < -0.4 is 4.90 Å². The summed E-state index contributed by atoms with van der Waals surface area (Å²) in [6.45, 7) is 4.42. The van der Waals surface area contributed by atoms with Gasteiger partial charge in [0.2, 0.25) is 0 Å². The molecule has 0 bridgehead atoms. The maximum atomic E-state index is 15.0. The monoisotopic (exact) mass is 342 g/mol. The van der Waals surface area contributed by atoms with Gasteiger partial charge in [0.25, 0.3) is 5.89 Å². The minimum absolute atomic E-state index is 0.340. The van der Waals surface area contributed by atoms with Gasteiger partial charge in [-0.25, -0.2) is 4.98 Å². The molecular formula is C20H20F2N2O. The largest absolute Gasteiger partial charge is 0.435 e. The van der Waals surface area contributed by atoms with E-state index in [4.69, 9.17) is 4.42 Å². The molecule has 0 amide bonds. The fraction of sp³-hybridized carbons (Fsp3) is 0.350. The number of anilines is 1. The molecule has 0 saturated carbocycles. The predicted octanol–water partition coefficient (Wildman–Crippen LogP) is 5.03. The number of para-hydroxylation sites is 2. The Hall–Kier alpha value is -2.43. The van der Waals surface area contributed by atoms with Gasteiger partial charge in [0, 0.05) is 31.1 Å². The fourth-order valence-corrected chi connectivity index (χ4v) is 3.91. The van der Waals surface area contributed by atoms with Crippen LogP contribution in [0.15, 0.2) is 46.9 Å². The first kappa shape index (κ1) is 16.1. The van der Waals surface area contributed by atoms with Crippen molar-refractivity contribution in [2.75, 3.05) is 18.5 Å². The fourth-order valence-electron chi connectivity index (χ4n) is 3.91. The van der Waals surface area contributed by atoms with Gasteiger partial charge >= 0.3 is 5.92 Å². The van der Waals surface area contributed by atoms with Crippen molar-refractivity contribution in [2.24, 2.45) is 0 Å². The number of aryl methyl sites for hydroxylation is 1. The molecule has 0 saturated heterocycles. The summed E-state index contributed by atoms with van der Waals surface area (Å²) in [5, 5.41) is 0. The Labute approximate surface area is 145 Å². The number of nitrogens with zero attached hydrogens (tertiary/aromatic N) is 2. The van der Waals surface area contributed by atoms with E-state index >= 15 is 8.78 Å². The molecule has 25 heavy (non-hydrogen) atoms. The van der Waals surface area contributed by atoms with Crippen LogP contribution in [0.1, 0.15) is 30.4 Å². The van der Waals surface area contributed by atoms with Crippen LogP contribution in [0.3, 0.4) is 0 Å². The summed E-state index contributed by atoms with van der Waals surface area (Å²) in [4.78, 5) is 6.06. The van der Waals surface area contributed by atoms with Crippen LogP contribution in [0.5, 0.6) is 0 Å². The Morgan fingerprint density at radius 1 is 1.24 bits per heavy atom. The van der Waals surface area contributed by atoms with Crippen LogP contribution in [0, 0.1) is 6.92 Å². The molecule has 1 aliphatic heterocycles. The lowest BCUT2D eigenvalue weighted by molar-refractivity contribution is -0.0543. The average molecular weight is 342 g/mol. The van der Waals surface area contributed by atoms with Gasteiger partial charge in [-0.15, -0.1) is 0 Å². The summed E-state index contributed by atoms with van der Waals surface area (Å²) in [6, 6.07) is 12.9. The highest BCUT2D eigenvalue weighted by atomic mass is 19.3. The Balaban J connectivity index is 1.72. The molecule has 0 spiro atoms. The smallest absolute Gasteiger partial charge is 0.323 e. The molecule has 3 aromatic rings. The predicted molar refractivity (Wildman–Crippen MR) is 94.3 cm³/mol. The summed E-state index contributed by atoms with van der Waals surface area (Å²) in [5.41, 5.74) is 3.24. The van der Waals surface area contributed by atoms with E-state index in [-0.39, 0.29) is 6.42 Å². The van der Waals surface area contributed by atoms with Crippen LogP contribution in [0.2, 0.25) is 0 Å². The molecule has 1 unspecified atom stereocenters. The molecule has 5 heteroatoms. The van der Waals surface area contributed by atoms with Gasteiger partial charge in [-0.1, -0.05) is 36.8 Å². The molecule has 2 aromatic carbocycles. The normalized spacial score (nSPS) is 20.3.